The van der Waals surface area contributed by atoms with Gasteiger partial charge in [0.05, 0.1) is 0 Å². The topological polar surface area (TPSA) is 95.4 Å². The maximum atomic E-state index is 12.8. The normalized spacial score (nSPS) is 14.4. The minimum atomic E-state index is -2.68. The third-order valence-electron chi connectivity index (χ3n) is 5.38. The predicted molar refractivity (Wildman–Crippen MR) is 114 cm³/mol. The average molecular weight is 391 g/mol. The minimum absolute atomic E-state index is 0.144. The molecule has 0 aromatic heterocycles. The van der Waals surface area contributed by atoms with Crippen molar-refractivity contribution >= 4 is 18.7 Å². The number of rotatable bonds is 16. The van der Waals surface area contributed by atoms with Crippen LogP contribution in [0.5, 0.6) is 0 Å². The van der Waals surface area contributed by atoms with Crippen molar-refractivity contribution in [3.63, 3.8) is 0 Å². The molecule has 5 nitrogen and oxygen atoms in total. The first kappa shape index (κ1) is 25.3. The van der Waals surface area contributed by atoms with Crippen LogP contribution in [0.2, 0.25) is 0 Å². The van der Waals surface area contributed by atoms with E-state index in [1.807, 2.05) is 0 Å². The van der Waals surface area contributed by atoms with Crippen LogP contribution in [0.1, 0.15) is 85.5 Å². The summed E-state index contributed by atoms with van der Waals surface area (Å²) in [4.78, 5) is 24.0. The van der Waals surface area contributed by atoms with Crippen molar-refractivity contribution in [1.29, 1.82) is 0 Å². The Morgan fingerprint density at radius 2 is 1.15 bits per heavy atom. The van der Waals surface area contributed by atoms with Gasteiger partial charge in [-0.3, -0.25) is 0 Å². The molecular formula is C20H43N2O3P. The zero-order chi connectivity index (χ0) is 20.1. The summed E-state index contributed by atoms with van der Waals surface area (Å²) in [6, 6.07) is -0.944. The first-order chi connectivity index (χ1) is 12.3. The van der Waals surface area contributed by atoms with Crippen LogP contribution in [0, 0.1) is 0 Å². The summed E-state index contributed by atoms with van der Waals surface area (Å²) in [6.45, 7) is 6.06. The van der Waals surface area contributed by atoms with Gasteiger partial charge in [-0.05, 0) is 0 Å². The summed E-state index contributed by atoms with van der Waals surface area (Å²) >= 11 is 0. The van der Waals surface area contributed by atoms with Crippen molar-refractivity contribution in [3.8, 4) is 0 Å². The van der Waals surface area contributed by atoms with Crippen LogP contribution < -0.4 is 11.5 Å². The van der Waals surface area contributed by atoms with Crippen LogP contribution in [0.25, 0.3) is 0 Å². The van der Waals surface area contributed by atoms with Gasteiger partial charge in [0.25, 0.3) is 0 Å². The number of carbonyl (C=O) groups is 2. The quantitative estimate of drug-likeness (QED) is 0.382. The molecule has 156 valence electrons. The Morgan fingerprint density at radius 1 is 0.808 bits per heavy atom. The van der Waals surface area contributed by atoms with E-state index in [1.54, 1.807) is 0 Å². The molecule has 0 bridgehead atoms. The van der Waals surface area contributed by atoms with Gasteiger partial charge in [0.2, 0.25) is 0 Å². The number of amides is 1. The van der Waals surface area contributed by atoms with Crippen molar-refractivity contribution in [1.82, 2.24) is 0 Å². The Morgan fingerprint density at radius 3 is 1.42 bits per heavy atom. The predicted octanol–water partition coefficient (Wildman–Crippen LogP) is 4.40. The Balaban J connectivity index is 5.82. The molecule has 0 aliphatic rings. The van der Waals surface area contributed by atoms with E-state index in [2.05, 4.69) is 27.7 Å². The summed E-state index contributed by atoms with van der Waals surface area (Å²) < 4.78 is 6.46. The Kier molecular flexibility index (Phi) is 12.3. The summed E-state index contributed by atoms with van der Waals surface area (Å²) in [5.74, 6) is -0.972. The number of primary amides is 1. The summed E-state index contributed by atoms with van der Waals surface area (Å²) in [5, 5.41) is 0. The molecule has 0 fully saturated rings. The van der Waals surface area contributed by atoms with Crippen LogP contribution in [-0.2, 0) is 14.1 Å². The Labute approximate surface area is 161 Å². The van der Waals surface area contributed by atoms with Crippen LogP contribution >= 0.6 is 6.83 Å². The third kappa shape index (κ3) is 8.35. The second kappa shape index (κ2) is 12.7. The number of carbonyl (C=O) groups excluding carboxylic acids is 2. The molecule has 1 amide bonds. The first-order valence-electron chi connectivity index (χ1n) is 10.6. The van der Waals surface area contributed by atoms with Gasteiger partial charge in [-0.1, -0.05) is 0 Å². The molecule has 6 heteroatoms. The molecule has 0 spiro atoms. The van der Waals surface area contributed by atoms with E-state index in [-0.39, 0.29) is 6.42 Å². The van der Waals surface area contributed by atoms with Crippen LogP contribution in [-0.4, -0.2) is 42.6 Å². The van der Waals surface area contributed by atoms with E-state index in [1.165, 1.54) is 0 Å². The molecule has 0 aromatic carbocycles. The Hall–Kier alpha value is -0.670. The fraction of sp³-hybridized carbons (Fsp3) is 0.900. The van der Waals surface area contributed by atoms with Crippen LogP contribution in [0.4, 0.5) is 0 Å². The standard InChI is InChI=1S/C20H43N2O3P/c1-5-9-13-26(14-10-6-2,15-11-7-3,16-12-8-4)25-20(24)18(21)17-19(22)23/h18H,5-17,21H2,1-4H3,(H2,22,23)/t18-/m0/s1. The van der Waals surface area contributed by atoms with E-state index < -0.39 is 24.7 Å². The van der Waals surface area contributed by atoms with E-state index in [0.29, 0.717) is 0 Å². The second-order valence-corrected chi connectivity index (χ2v) is 13.5. The molecule has 0 saturated carbocycles. The molecule has 1 atom stereocenters. The molecule has 0 rings (SSSR count). The molecule has 0 aliphatic heterocycles. The summed E-state index contributed by atoms with van der Waals surface area (Å²) in [5.41, 5.74) is 11.2. The fourth-order valence-electron chi connectivity index (χ4n) is 3.71. The molecule has 0 radical (unpaired) electrons. The van der Waals surface area contributed by atoms with Crippen molar-refractivity contribution < 1.29 is 14.1 Å². The van der Waals surface area contributed by atoms with Gasteiger partial charge < -0.3 is 0 Å². The van der Waals surface area contributed by atoms with E-state index in [0.717, 1.165) is 76.0 Å². The first-order valence-corrected chi connectivity index (χ1v) is 13.5. The fourth-order valence-corrected chi connectivity index (χ4v) is 10.5. The van der Waals surface area contributed by atoms with Gasteiger partial charge in [-0.15, -0.1) is 0 Å². The van der Waals surface area contributed by atoms with Crippen molar-refractivity contribution in [2.45, 2.75) is 91.5 Å². The van der Waals surface area contributed by atoms with Gasteiger partial charge >= 0.3 is 160 Å². The summed E-state index contributed by atoms with van der Waals surface area (Å²) in [6.07, 6.45) is 12.5. The molecule has 0 saturated heterocycles. The SMILES string of the molecule is CCCCP(CCCC)(CCCC)(CCCC)OC(=O)[C@@H](N)CC(N)=O. The van der Waals surface area contributed by atoms with Gasteiger partial charge in [-0.25, -0.2) is 0 Å². The van der Waals surface area contributed by atoms with Crippen molar-refractivity contribution in [2.24, 2.45) is 11.5 Å². The van der Waals surface area contributed by atoms with Crippen LogP contribution in [0.15, 0.2) is 0 Å². The van der Waals surface area contributed by atoms with Gasteiger partial charge in [0, 0.05) is 0 Å². The van der Waals surface area contributed by atoms with Gasteiger partial charge in [0.15, 0.2) is 0 Å². The molecular weight excluding hydrogens is 347 g/mol. The Bertz CT molecular complexity index is 386. The molecule has 26 heavy (non-hydrogen) atoms. The number of hydrogen-bond donors (Lipinski definition) is 2. The number of nitrogens with two attached hydrogens (primary N) is 2. The third-order valence-corrected chi connectivity index (χ3v) is 11.9. The molecule has 0 heterocycles. The molecule has 0 unspecified atom stereocenters. The van der Waals surface area contributed by atoms with E-state index >= 15 is 0 Å². The van der Waals surface area contributed by atoms with Crippen molar-refractivity contribution in [2.75, 3.05) is 24.6 Å². The second-order valence-electron chi connectivity index (χ2n) is 7.85. The van der Waals surface area contributed by atoms with Crippen LogP contribution in [0.3, 0.4) is 0 Å². The zero-order valence-corrected chi connectivity index (χ0v) is 18.5. The van der Waals surface area contributed by atoms with Gasteiger partial charge in [-0.2, -0.15) is 0 Å². The summed E-state index contributed by atoms with van der Waals surface area (Å²) in [7, 11) is 0. The number of hydrogen-bond acceptors (Lipinski definition) is 4. The molecule has 4 N–H and O–H groups in total. The molecule has 0 aliphatic carbocycles. The zero-order valence-electron chi connectivity index (χ0n) is 17.6. The maximum absolute atomic E-state index is 12.8. The monoisotopic (exact) mass is 390 g/mol. The van der Waals surface area contributed by atoms with E-state index in [4.69, 9.17) is 16.0 Å². The van der Waals surface area contributed by atoms with Gasteiger partial charge in [0.1, 0.15) is 0 Å². The molecule has 0 aromatic rings. The van der Waals surface area contributed by atoms with Crippen molar-refractivity contribution in [3.05, 3.63) is 0 Å². The number of unbranched alkanes of at least 4 members (excludes halogenated alkanes) is 4. The average Bonchev–Trinajstić information content (AvgIpc) is 2.61. The van der Waals surface area contributed by atoms with E-state index in [9.17, 15) is 9.59 Å².